The fraction of sp³-hybridized carbons (Fsp3) is 0.889. The molecule has 0 aliphatic carbocycles. The zero-order chi connectivity index (χ0) is 12.3. The summed E-state index contributed by atoms with van der Waals surface area (Å²) in [6.07, 6.45) is 0.950. The molecule has 1 amide bonds. The van der Waals surface area contributed by atoms with Gasteiger partial charge in [0.05, 0.1) is 0 Å². The number of nitrogens with one attached hydrogen (secondary N) is 3. The van der Waals surface area contributed by atoms with Crippen LogP contribution in [0.15, 0.2) is 0 Å². The number of hydrogen-bond donors (Lipinski definition) is 3. The van der Waals surface area contributed by atoms with Crippen LogP contribution in [0.3, 0.4) is 0 Å². The molecular formula is C9H18N4O3S. The van der Waals surface area contributed by atoms with E-state index in [-0.39, 0.29) is 11.9 Å². The summed E-state index contributed by atoms with van der Waals surface area (Å²) in [4.78, 5) is 11.0. The second-order valence-corrected chi connectivity index (χ2v) is 6.01. The predicted molar refractivity (Wildman–Crippen MR) is 62.5 cm³/mol. The Bertz CT molecular complexity index is 368. The minimum Gasteiger partial charge on any atom is -0.355 e. The van der Waals surface area contributed by atoms with Crippen LogP contribution in [0.4, 0.5) is 0 Å². The second-order valence-electron chi connectivity index (χ2n) is 4.31. The molecule has 2 aliphatic rings. The molecule has 2 fully saturated rings. The van der Waals surface area contributed by atoms with Crippen LogP contribution in [-0.4, -0.2) is 57.4 Å². The number of piperazine rings is 1. The maximum atomic E-state index is 12.0. The lowest BCUT2D eigenvalue weighted by molar-refractivity contribution is -0.122. The van der Waals surface area contributed by atoms with E-state index in [1.54, 1.807) is 0 Å². The number of amides is 1. The van der Waals surface area contributed by atoms with Gasteiger partial charge in [-0.3, -0.25) is 4.79 Å². The third-order valence-corrected chi connectivity index (χ3v) is 4.67. The lowest BCUT2D eigenvalue weighted by Crippen LogP contribution is -2.55. The standard InChI is InChI=1S/C9H18N4O3S/c14-9-2-1-8(7-11-9)12-17(15,16)13-5-3-10-4-6-13/h8,10,12H,1-7H2,(H,11,14). The normalized spacial score (nSPS) is 27.8. The first kappa shape index (κ1) is 12.7. The first-order valence-corrected chi connectivity index (χ1v) is 7.27. The van der Waals surface area contributed by atoms with E-state index >= 15 is 0 Å². The summed E-state index contributed by atoms with van der Waals surface area (Å²) < 4.78 is 28.1. The summed E-state index contributed by atoms with van der Waals surface area (Å²) in [5.41, 5.74) is 0. The molecule has 0 aromatic carbocycles. The Labute approximate surface area is 101 Å². The third-order valence-electron chi connectivity index (χ3n) is 3.00. The van der Waals surface area contributed by atoms with Gasteiger partial charge in [0.15, 0.2) is 0 Å². The second kappa shape index (κ2) is 5.30. The molecule has 3 N–H and O–H groups in total. The molecule has 8 heteroatoms. The van der Waals surface area contributed by atoms with E-state index in [2.05, 4.69) is 15.4 Å². The summed E-state index contributed by atoms with van der Waals surface area (Å²) in [5.74, 6) is -0.0115. The van der Waals surface area contributed by atoms with Crippen LogP contribution >= 0.6 is 0 Å². The molecule has 1 unspecified atom stereocenters. The minimum absolute atomic E-state index is 0.0115. The van der Waals surface area contributed by atoms with E-state index in [4.69, 9.17) is 0 Å². The van der Waals surface area contributed by atoms with Gasteiger partial charge >= 0.3 is 0 Å². The Kier molecular flexibility index (Phi) is 3.97. The first-order valence-electron chi connectivity index (χ1n) is 5.83. The van der Waals surface area contributed by atoms with Crippen LogP contribution in [0.25, 0.3) is 0 Å². The molecule has 2 heterocycles. The van der Waals surface area contributed by atoms with Crippen molar-refractivity contribution in [3.63, 3.8) is 0 Å². The van der Waals surface area contributed by atoms with Crippen molar-refractivity contribution < 1.29 is 13.2 Å². The van der Waals surface area contributed by atoms with Gasteiger partial charge in [0.2, 0.25) is 5.91 Å². The Hall–Kier alpha value is -0.700. The van der Waals surface area contributed by atoms with Gasteiger partial charge in [0.1, 0.15) is 0 Å². The highest BCUT2D eigenvalue weighted by Crippen LogP contribution is 2.07. The van der Waals surface area contributed by atoms with Crippen LogP contribution in [0, 0.1) is 0 Å². The lowest BCUT2D eigenvalue weighted by Gasteiger charge is -2.30. The predicted octanol–water partition coefficient (Wildman–Crippen LogP) is -2.00. The molecule has 0 spiro atoms. The van der Waals surface area contributed by atoms with Crippen molar-refractivity contribution in [2.45, 2.75) is 18.9 Å². The number of rotatable bonds is 3. The van der Waals surface area contributed by atoms with Crippen LogP contribution in [0.2, 0.25) is 0 Å². The van der Waals surface area contributed by atoms with Gasteiger partial charge in [-0.25, -0.2) is 0 Å². The van der Waals surface area contributed by atoms with Gasteiger partial charge < -0.3 is 10.6 Å². The number of carbonyl (C=O) groups excluding carboxylic acids is 1. The van der Waals surface area contributed by atoms with Crippen molar-refractivity contribution in [3.05, 3.63) is 0 Å². The van der Waals surface area contributed by atoms with E-state index in [0.717, 1.165) is 0 Å². The molecule has 17 heavy (non-hydrogen) atoms. The minimum atomic E-state index is -3.41. The summed E-state index contributed by atoms with van der Waals surface area (Å²) in [7, 11) is -3.41. The van der Waals surface area contributed by atoms with Crippen molar-refractivity contribution in [1.29, 1.82) is 0 Å². The monoisotopic (exact) mass is 262 g/mol. The molecule has 0 bridgehead atoms. The quantitative estimate of drug-likeness (QED) is 0.549. The van der Waals surface area contributed by atoms with Gasteiger partial charge in [0, 0.05) is 45.2 Å². The Morgan fingerprint density at radius 3 is 2.59 bits per heavy atom. The van der Waals surface area contributed by atoms with E-state index in [0.29, 0.717) is 45.6 Å². The molecule has 2 saturated heterocycles. The highest BCUT2D eigenvalue weighted by Gasteiger charge is 2.28. The first-order chi connectivity index (χ1) is 8.08. The lowest BCUT2D eigenvalue weighted by atomic mass is 10.1. The van der Waals surface area contributed by atoms with Crippen molar-refractivity contribution in [3.8, 4) is 0 Å². The Balaban J connectivity index is 1.90. The zero-order valence-corrected chi connectivity index (χ0v) is 10.4. The largest absolute Gasteiger partial charge is 0.355 e. The van der Waals surface area contributed by atoms with Crippen LogP contribution in [0.1, 0.15) is 12.8 Å². The van der Waals surface area contributed by atoms with Gasteiger partial charge in [-0.05, 0) is 6.42 Å². The SMILES string of the molecule is O=C1CCC(NS(=O)(=O)N2CCNCC2)CN1. The average molecular weight is 262 g/mol. The van der Waals surface area contributed by atoms with Crippen LogP contribution in [0.5, 0.6) is 0 Å². The van der Waals surface area contributed by atoms with Crippen molar-refractivity contribution in [1.82, 2.24) is 19.7 Å². The molecule has 0 aromatic rings. The van der Waals surface area contributed by atoms with Crippen molar-refractivity contribution >= 4 is 16.1 Å². The number of carbonyl (C=O) groups is 1. The van der Waals surface area contributed by atoms with E-state index in [1.165, 1.54) is 4.31 Å². The maximum Gasteiger partial charge on any atom is 0.279 e. The van der Waals surface area contributed by atoms with Crippen molar-refractivity contribution in [2.24, 2.45) is 0 Å². The summed E-state index contributed by atoms with van der Waals surface area (Å²) >= 11 is 0. The zero-order valence-electron chi connectivity index (χ0n) is 9.61. The molecule has 0 radical (unpaired) electrons. The topological polar surface area (TPSA) is 90.5 Å². The molecule has 2 rings (SSSR count). The molecule has 98 valence electrons. The molecule has 1 atom stereocenters. The average Bonchev–Trinajstić information content (AvgIpc) is 2.33. The Morgan fingerprint density at radius 1 is 1.29 bits per heavy atom. The van der Waals surface area contributed by atoms with E-state index in [1.807, 2.05) is 0 Å². The summed E-state index contributed by atoms with van der Waals surface area (Å²) in [6.45, 7) is 2.73. The highest BCUT2D eigenvalue weighted by atomic mass is 32.2. The third kappa shape index (κ3) is 3.38. The summed E-state index contributed by atoms with van der Waals surface area (Å²) in [5, 5.41) is 5.77. The number of hydrogen-bond acceptors (Lipinski definition) is 4. The van der Waals surface area contributed by atoms with Gasteiger partial charge in [-0.1, -0.05) is 0 Å². The van der Waals surface area contributed by atoms with E-state index in [9.17, 15) is 13.2 Å². The maximum absolute atomic E-state index is 12.0. The highest BCUT2D eigenvalue weighted by molar-refractivity contribution is 7.87. The number of nitrogens with zero attached hydrogens (tertiary/aromatic N) is 1. The van der Waals surface area contributed by atoms with Gasteiger partial charge in [-0.15, -0.1) is 0 Å². The van der Waals surface area contributed by atoms with Crippen molar-refractivity contribution in [2.75, 3.05) is 32.7 Å². The van der Waals surface area contributed by atoms with Crippen LogP contribution in [-0.2, 0) is 15.0 Å². The molecule has 0 saturated carbocycles. The molecule has 0 aromatic heterocycles. The summed E-state index contributed by atoms with van der Waals surface area (Å²) in [6, 6.07) is -0.187. The fourth-order valence-electron chi connectivity index (χ4n) is 2.00. The smallest absolute Gasteiger partial charge is 0.279 e. The molecule has 2 aliphatic heterocycles. The Morgan fingerprint density at radius 2 is 2.00 bits per heavy atom. The van der Waals surface area contributed by atoms with Crippen LogP contribution < -0.4 is 15.4 Å². The van der Waals surface area contributed by atoms with Gasteiger partial charge in [0.25, 0.3) is 10.2 Å². The molecular weight excluding hydrogens is 244 g/mol. The van der Waals surface area contributed by atoms with Gasteiger partial charge in [-0.2, -0.15) is 17.4 Å². The fourth-order valence-corrected chi connectivity index (χ4v) is 3.44. The molecule has 7 nitrogen and oxygen atoms in total. The van der Waals surface area contributed by atoms with E-state index < -0.39 is 10.2 Å². The number of piperidine rings is 1.